The molecule has 0 aliphatic heterocycles. The summed E-state index contributed by atoms with van der Waals surface area (Å²) in [6.07, 6.45) is 2.62. The van der Waals surface area contributed by atoms with Crippen LogP contribution in [0.15, 0.2) is 48.0 Å². The summed E-state index contributed by atoms with van der Waals surface area (Å²) >= 11 is 1.76. The minimum atomic E-state index is 0.00440. The molecule has 0 saturated carbocycles. The lowest BCUT2D eigenvalue weighted by atomic mass is 10.00. The van der Waals surface area contributed by atoms with Crippen molar-refractivity contribution in [3.05, 3.63) is 64.8 Å². The Balaban J connectivity index is 1.92. The van der Waals surface area contributed by atoms with Crippen molar-refractivity contribution in [1.29, 1.82) is 0 Å². The molecule has 0 aliphatic rings. The minimum absolute atomic E-state index is 0.00440. The summed E-state index contributed by atoms with van der Waals surface area (Å²) in [4.78, 5) is 4.43. The first-order valence-electron chi connectivity index (χ1n) is 6.38. The number of benzene rings is 1. The Morgan fingerprint density at radius 2 is 2.05 bits per heavy atom. The molecule has 1 aromatic carbocycles. The van der Waals surface area contributed by atoms with E-state index >= 15 is 0 Å². The summed E-state index contributed by atoms with van der Waals surface area (Å²) in [5, 5.41) is 3.45. The third kappa shape index (κ3) is 2.39. The van der Waals surface area contributed by atoms with Crippen LogP contribution in [0.1, 0.15) is 22.9 Å². The predicted molar refractivity (Wildman–Crippen MR) is 81.4 cm³/mol. The number of hydrogen-bond donors (Lipinski definition) is 1. The first-order valence-corrected chi connectivity index (χ1v) is 7.26. The second kappa shape index (κ2) is 5.11. The summed E-state index contributed by atoms with van der Waals surface area (Å²) < 4.78 is 1.30. The fourth-order valence-corrected chi connectivity index (χ4v) is 3.36. The molecule has 2 heterocycles. The smallest absolute Gasteiger partial charge is 0.0451 e. The number of thiophene rings is 1. The van der Waals surface area contributed by atoms with Gasteiger partial charge >= 0.3 is 0 Å². The summed E-state index contributed by atoms with van der Waals surface area (Å²) in [5.41, 5.74) is 9.89. The second-order valence-electron chi connectivity index (χ2n) is 4.76. The fourth-order valence-electron chi connectivity index (χ4n) is 2.34. The molecule has 1 atom stereocenters. The molecule has 0 fully saturated rings. The molecule has 0 spiro atoms. The zero-order chi connectivity index (χ0) is 13.2. The summed E-state index contributed by atoms with van der Waals surface area (Å²) in [7, 11) is 0. The molecule has 3 aromatic rings. The van der Waals surface area contributed by atoms with Gasteiger partial charge < -0.3 is 5.73 Å². The Hall–Kier alpha value is -1.71. The summed E-state index contributed by atoms with van der Waals surface area (Å²) in [6, 6.07) is 12.5. The second-order valence-corrected chi connectivity index (χ2v) is 5.68. The largest absolute Gasteiger partial charge is 0.324 e. The SMILES string of the molecule is Cc1cccnc1CC(N)c1csc2ccccc12. The van der Waals surface area contributed by atoms with Gasteiger partial charge in [0.15, 0.2) is 0 Å². The first kappa shape index (κ1) is 12.3. The van der Waals surface area contributed by atoms with E-state index in [1.165, 1.54) is 21.2 Å². The van der Waals surface area contributed by atoms with Gasteiger partial charge in [0.25, 0.3) is 0 Å². The van der Waals surface area contributed by atoms with Crippen molar-refractivity contribution in [2.75, 3.05) is 0 Å². The third-order valence-electron chi connectivity index (χ3n) is 3.44. The molecule has 0 radical (unpaired) electrons. The van der Waals surface area contributed by atoms with Crippen molar-refractivity contribution in [1.82, 2.24) is 4.98 Å². The highest BCUT2D eigenvalue weighted by atomic mass is 32.1. The van der Waals surface area contributed by atoms with E-state index in [0.29, 0.717) is 0 Å². The quantitative estimate of drug-likeness (QED) is 0.783. The van der Waals surface area contributed by atoms with Crippen LogP contribution < -0.4 is 5.73 Å². The van der Waals surface area contributed by atoms with Crippen LogP contribution in [0.5, 0.6) is 0 Å². The number of fused-ring (bicyclic) bond motifs is 1. The number of rotatable bonds is 3. The van der Waals surface area contributed by atoms with Crippen molar-refractivity contribution in [3.63, 3.8) is 0 Å². The topological polar surface area (TPSA) is 38.9 Å². The molecule has 2 nitrogen and oxygen atoms in total. The Morgan fingerprint density at radius 3 is 2.89 bits per heavy atom. The Morgan fingerprint density at radius 1 is 1.21 bits per heavy atom. The zero-order valence-corrected chi connectivity index (χ0v) is 11.7. The van der Waals surface area contributed by atoms with Crippen LogP contribution in [0.25, 0.3) is 10.1 Å². The average Bonchev–Trinajstić information content (AvgIpc) is 2.85. The summed E-state index contributed by atoms with van der Waals surface area (Å²) in [6.45, 7) is 2.08. The van der Waals surface area contributed by atoms with E-state index in [0.717, 1.165) is 12.1 Å². The molecule has 3 rings (SSSR count). The van der Waals surface area contributed by atoms with Crippen LogP contribution in [-0.2, 0) is 6.42 Å². The number of aromatic nitrogens is 1. The highest BCUT2D eigenvalue weighted by Crippen LogP contribution is 2.30. The van der Waals surface area contributed by atoms with E-state index in [2.05, 4.69) is 47.6 Å². The molecule has 96 valence electrons. The lowest BCUT2D eigenvalue weighted by Crippen LogP contribution is -2.14. The molecular weight excluding hydrogens is 252 g/mol. The first-order chi connectivity index (χ1) is 9.25. The number of hydrogen-bond acceptors (Lipinski definition) is 3. The average molecular weight is 268 g/mol. The van der Waals surface area contributed by atoms with Crippen molar-refractivity contribution in [3.8, 4) is 0 Å². The zero-order valence-electron chi connectivity index (χ0n) is 10.8. The lowest BCUT2D eigenvalue weighted by Gasteiger charge is -2.12. The molecule has 0 bridgehead atoms. The minimum Gasteiger partial charge on any atom is -0.324 e. The van der Waals surface area contributed by atoms with Crippen LogP contribution in [0.4, 0.5) is 0 Å². The molecule has 0 amide bonds. The van der Waals surface area contributed by atoms with Crippen molar-refractivity contribution < 1.29 is 0 Å². The monoisotopic (exact) mass is 268 g/mol. The van der Waals surface area contributed by atoms with E-state index in [9.17, 15) is 0 Å². The number of aryl methyl sites for hydroxylation is 1. The highest BCUT2D eigenvalue weighted by molar-refractivity contribution is 7.17. The van der Waals surface area contributed by atoms with E-state index in [-0.39, 0.29) is 6.04 Å². The van der Waals surface area contributed by atoms with Gasteiger partial charge in [-0.3, -0.25) is 4.98 Å². The van der Waals surface area contributed by atoms with E-state index in [1.54, 1.807) is 11.3 Å². The van der Waals surface area contributed by atoms with Gasteiger partial charge in [0, 0.05) is 29.1 Å². The molecule has 19 heavy (non-hydrogen) atoms. The van der Waals surface area contributed by atoms with Crippen molar-refractivity contribution in [2.24, 2.45) is 5.73 Å². The van der Waals surface area contributed by atoms with Crippen molar-refractivity contribution >= 4 is 21.4 Å². The Kier molecular flexibility index (Phi) is 3.32. The normalized spacial score (nSPS) is 12.7. The van der Waals surface area contributed by atoms with Crippen LogP contribution in [0.3, 0.4) is 0 Å². The van der Waals surface area contributed by atoms with Crippen LogP contribution >= 0.6 is 11.3 Å². The van der Waals surface area contributed by atoms with Crippen LogP contribution in [0, 0.1) is 6.92 Å². The number of nitrogens with zero attached hydrogens (tertiary/aromatic N) is 1. The van der Waals surface area contributed by atoms with Gasteiger partial charge in [0.2, 0.25) is 0 Å². The van der Waals surface area contributed by atoms with E-state index < -0.39 is 0 Å². The summed E-state index contributed by atoms with van der Waals surface area (Å²) in [5.74, 6) is 0. The maximum absolute atomic E-state index is 6.37. The Labute approximate surface area is 116 Å². The number of nitrogens with two attached hydrogens (primary N) is 1. The fraction of sp³-hybridized carbons (Fsp3) is 0.188. The molecule has 1 unspecified atom stereocenters. The highest BCUT2D eigenvalue weighted by Gasteiger charge is 2.13. The molecule has 0 saturated heterocycles. The molecular formula is C16H16N2S. The maximum atomic E-state index is 6.37. The standard InChI is InChI=1S/C16H16N2S/c1-11-5-4-8-18-15(11)9-14(17)13-10-19-16-7-3-2-6-12(13)16/h2-8,10,14H,9,17H2,1H3. The molecule has 2 aromatic heterocycles. The van der Waals surface area contributed by atoms with Crippen LogP contribution in [-0.4, -0.2) is 4.98 Å². The van der Waals surface area contributed by atoms with Gasteiger partial charge in [-0.25, -0.2) is 0 Å². The van der Waals surface area contributed by atoms with Crippen molar-refractivity contribution in [2.45, 2.75) is 19.4 Å². The maximum Gasteiger partial charge on any atom is 0.0451 e. The van der Waals surface area contributed by atoms with Gasteiger partial charge in [0.1, 0.15) is 0 Å². The lowest BCUT2D eigenvalue weighted by molar-refractivity contribution is 0.710. The van der Waals surface area contributed by atoms with Gasteiger partial charge in [-0.2, -0.15) is 0 Å². The van der Waals surface area contributed by atoms with Gasteiger partial charge in [0.05, 0.1) is 0 Å². The molecule has 0 aliphatic carbocycles. The number of pyridine rings is 1. The Bertz CT molecular complexity index is 703. The van der Waals surface area contributed by atoms with Gasteiger partial charge in [-0.15, -0.1) is 11.3 Å². The van der Waals surface area contributed by atoms with Gasteiger partial charge in [-0.05, 0) is 40.9 Å². The van der Waals surface area contributed by atoms with E-state index in [1.807, 2.05) is 12.3 Å². The van der Waals surface area contributed by atoms with Gasteiger partial charge in [-0.1, -0.05) is 24.3 Å². The van der Waals surface area contributed by atoms with Crippen LogP contribution in [0.2, 0.25) is 0 Å². The molecule has 3 heteroatoms. The third-order valence-corrected chi connectivity index (χ3v) is 4.42. The predicted octanol–water partition coefficient (Wildman–Crippen LogP) is 3.85. The molecule has 2 N–H and O–H groups in total. The van der Waals surface area contributed by atoms with E-state index in [4.69, 9.17) is 5.73 Å².